The zero-order chi connectivity index (χ0) is 14.5. The van der Waals surface area contributed by atoms with Crippen molar-refractivity contribution in [3.63, 3.8) is 0 Å². The number of carbonyl (C=O) groups is 1. The number of hydrogen-bond acceptors (Lipinski definition) is 5. The van der Waals surface area contributed by atoms with E-state index in [0.29, 0.717) is 17.1 Å². The van der Waals surface area contributed by atoms with Crippen LogP contribution in [0.25, 0.3) is 11.3 Å². The molecule has 6 nitrogen and oxygen atoms in total. The minimum absolute atomic E-state index is 0.371. The molecular formula is C13H17N5OS. The summed E-state index contributed by atoms with van der Waals surface area (Å²) in [7, 11) is 1.71. The van der Waals surface area contributed by atoms with E-state index < -0.39 is 5.91 Å². The van der Waals surface area contributed by atoms with Crippen molar-refractivity contribution in [2.75, 3.05) is 22.8 Å². The predicted octanol–water partition coefficient (Wildman–Crippen LogP) is 2.30. The molecular weight excluding hydrogens is 274 g/mol. The van der Waals surface area contributed by atoms with Crippen LogP contribution in [0.4, 0.5) is 11.5 Å². The highest BCUT2D eigenvalue weighted by Crippen LogP contribution is 2.27. The summed E-state index contributed by atoms with van der Waals surface area (Å²) in [5.74, 6) is 0.997. The SMILES string of the molecule is CCSNc1ccc(-c2n[nH]c(NC)c2C(N)=O)cc1. The Hall–Kier alpha value is -2.15. The van der Waals surface area contributed by atoms with Crippen molar-refractivity contribution < 1.29 is 4.79 Å². The minimum Gasteiger partial charge on any atom is -0.373 e. The Bertz CT molecular complexity index is 593. The summed E-state index contributed by atoms with van der Waals surface area (Å²) in [4.78, 5) is 11.6. The first-order chi connectivity index (χ1) is 9.67. The van der Waals surface area contributed by atoms with Crippen LogP contribution in [-0.2, 0) is 0 Å². The molecule has 0 aliphatic heterocycles. The number of hydrogen-bond donors (Lipinski definition) is 4. The van der Waals surface area contributed by atoms with Crippen LogP contribution in [0.3, 0.4) is 0 Å². The van der Waals surface area contributed by atoms with Gasteiger partial charge in [0.25, 0.3) is 5.91 Å². The second kappa shape index (κ2) is 6.33. The van der Waals surface area contributed by atoms with Gasteiger partial charge in [-0.2, -0.15) is 5.10 Å². The first-order valence-electron chi connectivity index (χ1n) is 6.21. The van der Waals surface area contributed by atoms with Crippen molar-refractivity contribution in [3.05, 3.63) is 29.8 Å². The Balaban J connectivity index is 2.32. The molecule has 0 aliphatic carbocycles. The second-order valence-corrected chi connectivity index (χ2v) is 5.12. The van der Waals surface area contributed by atoms with E-state index in [1.165, 1.54) is 0 Å². The van der Waals surface area contributed by atoms with Gasteiger partial charge in [0, 0.05) is 24.1 Å². The fourth-order valence-electron chi connectivity index (χ4n) is 1.82. The van der Waals surface area contributed by atoms with Gasteiger partial charge >= 0.3 is 0 Å². The van der Waals surface area contributed by atoms with Crippen LogP contribution < -0.4 is 15.8 Å². The van der Waals surface area contributed by atoms with Crippen LogP contribution in [-0.4, -0.2) is 28.9 Å². The number of rotatable bonds is 6. The zero-order valence-electron chi connectivity index (χ0n) is 11.4. The Labute approximate surface area is 121 Å². The van der Waals surface area contributed by atoms with E-state index in [0.717, 1.165) is 17.0 Å². The maximum Gasteiger partial charge on any atom is 0.254 e. The van der Waals surface area contributed by atoms with Crippen LogP contribution in [0.15, 0.2) is 24.3 Å². The highest BCUT2D eigenvalue weighted by atomic mass is 32.2. The number of nitrogens with two attached hydrogens (primary N) is 1. The highest BCUT2D eigenvalue weighted by molar-refractivity contribution is 8.00. The van der Waals surface area contributed by atoms with E-state index in [2.05, 4.69) is 27.2 Å². The molecule has 20 heavy (non-hydrogen) atoms. The summed E-state index contributed by atoms with van der Waals surface area (Å²) in [6, 6.07) is 7.69. The third-order valence-corrected chi connectivity index (χ3v) is 3.42. The quantitative estimate of drug-likeness (QED) is 0.612. The maximum atomic E-state index is 11.6. The van der Waals surface area contributed by atoms with Gasteiger partial charge in [-0.15, -0.1) is 0 Å². The minimum atomic E-state index is -0.512. The third kappa shape index (κ3) is 2.88. The fraction of sp³-hybridized carbons (Fsp3) is 0.231. The van der Waals surface area contributed by atoms with Crippen molar-refractivity contribution in [1.29, 1.82) is 0 Å². The summed E-state index contributed by atoms with van der Waals surface area (Å²) in [5.41, 5.74) is 8.18. The molecule has 0 fully saturated rings. The van der Waals surface area contributed by atoms with Gasteiger partial charge in [-0.1, -0.05) is 31.0 Å². The monoisotopic (exact) mass is 291 g/mol. The van der Waals surface area contributed by atoms with E-state index in [1.54, 1.807) is 19.0 Å². The molecule has 1 aromatic heterocycles. The third-order valence-electron chi connectivity index (χ3n) is 2.76. The molecule has 0 atom stereocenters. The van der Waals surface area contributed by atoms with Crippen molar-refractivity contribution >= 4 is 29.4 Å². The Morgan fingerprint density at radius 1 is 1.40 bits per heavy atom. The van der Waals surface area contributed by atoms with E-state index >= 15 is 0 Å². The molecule has 0 spiro atoms. The average Bonchev–Trinajstić information content (AvgIpc) is 2.89. The summed E-state index contributed by atoms with van der Waals surface area (Å²) < 4.78 is 3.21. The van der Waals surface area contributed by atoms with Gasteiger partial charge < -0.3 is 15.8 Å². The summed E-state index contributed by atoms with van der Waals surface area (Å²) in [5, 5.41) is 9.80. The molecule has 106 valence electrons. The topological polar surface area (TPSA) is 95.8 Å². The van der Waals surface area contributed by atoms with Gasteiger partial charge in [-0.3, -0.25) is 9.89 Å². The van der Waals surface area contributed by atoms with E-state index in [9.17, 15) is 4.79 Å². The molecule has 5 N–H and O–H groups in total. The number of nitrogens with one attached hydrogen (secondary N) is 3. The number of nitrogens with zero attached hydrogens (tertiary/aromatic N) is 1. The number of amides is 1. The van der Waals surface area contributed by atoms with Crippen LogP contribution in [0.1, 0.15) is 17.3 Å². The van der Waals surface area contributed by atoms with Crippen LogP contribution in [0.2, 0.25) is 0 Å². The normalized spacial score (nSPS) is 10.3. The lowest BCUT2D eigenvalue weighted by molar-refractivity contribution is 0.100. The highest BCUT2D eigenvalue weighted by Gasteiger charge is 2.18. The lowest BCUT2D eigenvalue weighted by Gasteiger charge is -2.05. The molecule has 2 rings (SSSR count). The van der Waals surface area contributed by atoms with Gasteiger partial charge in [0.05, 0.1) is 0 Å². The van der Waals surface area contributed by atoms with Crippen LogP contribution >= 0.6 is 11.9 Å². The first-order valence-corrected chi connectivity index (χ1v) is 7.20. The van der Waals surface area contributed by atoms with E-state index in [1.807, 2.05) is 24.3 Å². The molecule has 0 unspecified atom stereocenters. The molecule has 1 amide bonds. The number of H-pyrrole nitrogens is 1. The summed E-state index contributed by atoms with van der Waals surface area (Å²) in [6.45, 7) is 2.08. The van der Waals surface area contributed by atoms with Crippen LogP contribution in [0.5, 0.6) is 0 Å². The predicted molar refractivity (Wildman–Crippen MR) is 83.8 cm³/mol. The fourth-order valence-corrected chi connectivity index (χ4v) is 2.27. The number of aromatic nitrogens is 2. The van der Waals surface area contributed by atoms with Gasteiger partial charge in [0.2, 0.25) is 0 Å². The Morgan fingerprint density at radius 2 is 2.10 bits per heavy atom. The standard InChI is InChI=1S/C13H17N5OS/c1-3-20-18-9-6-4-8(5-7-9)11-10(12(14)19)13(15-2)17-16-11/h4-7,18H,3H2,1-2H3,(H2,14,19)(H2,15,16,17). The van der Waals surface area contributed by atoms with Crippen molar-refractivity contribution in [2.45, 2.75) is 6.92 Å². The van der Waals surface area contributed by atoms with Gasteiger partial charge in [-0.25, -0.2) is 0 Å². The molecule has 0 saturated heterocycles. The Morgan fingerprint density at radius 3 is 2.65 bits per heavy atom. The number of carbonyl (C=O) groups excluding carboxylic acids is 1. The first kappa shape index (κ1) is 14.3. The molecule has 0 bridgehead atoms. The van der Waals surface area contributed by atoms with Crippen LogP contribution in [0, 0.1) is 0 Å². The molecule has 0 saturated carbocycles. The zero-order valence-corrected chi connectivity index (χ0v) is 12.2. The van der Waals surface area contributed by atoms with Gasteiger partial charge in [0.15, 0.2) is 0 Å². The number of primary amides is 1. The lowest BCUT2D eigenvalue weighted by atomic mass is 10.1. The summed E-state index contributed by atoms with van der Waals surface area (Å²) in [6.07, 6.45) is 0. The van der Waals surface area contributed by atoms with Crippen molar-refractivity contribution in [2.24, 2.45) is 5.73 Å². The average molecular weight is 291 g/mol. The Kier molecular flexibility index (Phi) is 4.52. The largest absolute Gasteiger partial charge is 0.373 e. The molecule has 2 aromatic rings. The van der Waals surface area contributed by atoms with Crippen molar-refractivity contribution in [3.8, 4) is 11.3 Å². The lowest BCUT2D eigenvalue weighted by Crippen LogP contribution is -2.13. The molecule has 0 radical (unpaired) electrons. The van der Waals surface area contributed by atoms with E-state index in [-0.39, 0.29) is 0 Å². The van der Waals surface area contributed by atoms with Gasteiger partial charge in [0.1, 0.15) is 17.1 Å². The smallest absolute Gasteiger partial charge is 0.254 e. The molecule has 1 aromatic carbocycles. The molecule has 1 heterocycles. The number of anilines is 2. The number of aromatic amines is 1. The number of benzene rings is 1. The molecule has 0 aliphatic rings. The second-order valence-electron chi connectivity index (χ2n) is 4.05. The van der Waals surface area contributed by atoms with Gasteiger partial charge in [-0.05, 0) is 12.1 Å². The van der Waals surface area contributed by atoms with Crippen molar-refractivity contribution in [1.82, 2.24) is 10.2 Å². The summed E-state index contributed by atoms with van der Waals surface area (Å²) >= 11 is 1.62. The van der Waals surface area contributed by atoms with E-state index in [4.69, 9.17) is 5.73 Å². The molecule has 7 heteroatoms. The maximum absolute atomic E-state index is 11.6.